The van der Waals surface area contributed by atoms with E-state index >= 15 is 0 Å². The number of rotatable bonds is 5. The number of carboxylic acid groups (broad SMARTS) is 1. The Morgan fingerprint density at radius 3 is 2.52 bits per heavy atom. The van der Waals surface area contributed by atoms with Crippen LogP contribution in [0.2, 0.25) is 0 Å². The Kier molecular flexibility index (Phi) is 4.63. The Balaban J connectivity index is 2.21. The van der Waals surface area contributed by atoms with Gasteiger partial charge in [-0.3, -0.25) is 0 Å². The van der Waals surface area contributed by atoms with Gasteiger partial charge in [0.15, 0.2) is 0 Å². The van der Waals surface area contributed by atoms with E-state index in [0.717, 1.165) is 43.9 Å². The largest absolute Gasteiger partial charge is 0.478 e. The maximum absolute atomic E-state index is 13.9. The molecule has 1 aromatic carbocycles. The second-order valence-corrected chi connectivity index (χ2v) is 7.09. The van der Waals surface area contributed by atoms with E-state index in [0.29, 0.717) is 0 Å². The second kappa shape index (κ2) is 6.11. The average Bonchev–Trinajstić information content (AvgIpc) is 2.91. The second-order valence-electron chi connectivity index (χ2n) is 5.40. The van der Waals surface area contributed by atoms with E-state index in [9.17, 15) is 17.6 Å². The summed E-state index contributed by atoms with van der Waals surface area (Å²) in [6, 6.07) is 2.52. The van der Waals surface area contributed by atoms with E-state index in [-0.39, 0.29) is 17.5 Å². The highest BCUT2D eigenvalue weighted by molar-refractivity contribution is 7.89. The van der Waals surface area contributed by atoms with Gasteiger partial charge in [0.25, 0.3) is 0 Å². The van der Waals surface area contributed by atoms with Crippen LogP contribution in [0.15, 0.2) is 23.1 Å². The molecule has 1 aliphatic rings. The number of halogens is 1. The van der Waals surface area contributed by atoms with E-state index in [1.165, 1.54) is 0 Å². The summed E-state index contributed by atoms with van der Waals surface area (Å²) in [5, 5.41) is 8.76. The number of nitrogens with one attached hydrogen (secondary N) is 1. The molecule has 1 aromatic rings. The Bertz CT molecular complexity index is 638. The number of benzene rings is 1. The first-order valence-corrected chi connectivity index (χ1v) is 8.35. The van der Waals surface area contributed by atoms with Crippen LogP contribution in [0.1, 0.15) is 43.0 Å². The number of carbonyl (C=O) groups is 1. The molecule has 2 rings (SSSR count). The molecule has 0 radical (unpaired) electrons. The fourth-order valence-corrected chi connectivity index (χ4v) is 4.09. The molecule has 1 unspecified atom stereocenters. The molecule has 0 amide bonds. The fraction of sp³-hybridized carbons (Fsp3) is 0.500. The zero-order chi connectivity index (χ0) is 15.6. The van der Waals surface area contributed by atoms with Crippen LogP contribution < -0.4 is 4.72 Å². The van der Waals surface area contributed by atoms with Gasteiger partial charge in [-0.2, -0.15) is 0 Å². The van der Waals surface area contributed by atoms with Crippen molar-refractivity contribution in [3.05, 3.63) is 29.6 Å². The topological polar surface area (TPSA) is 83.5 Å². The van der Waals surface area contributed by atoms with Gasteiger partial charge in [-0.1, -0.05) is 12.8 Å². The van der Waals surface area contributed by atoms with Gasteiger partial charge in [0.05, 0.1) is 5.56 Å². The molecule has 0 spiro atoms. The Morgan fingerprint density at radius 1 is 1.38 bits per heavy atom. The lowest BCUT2D eigenvalue weighted by atomic mass is 10.0. The van der Waals surface area contributed by atoms with Gasteiger partial charge in [-0.15, -0.1) is 0 Å². The zero-order valence-electron chi connectivity index (χ0n) is 11.7. The molecule has 0 saturated heterocycles. The van der Waals surface area contributed by atoms with Crippen molar-refractivity contribution >= 4 is 16.0 Å². The molecule has 0 aliphatic heterocycles. The van der Waals surface area contributed by atoms with E-state index in [4.69, 9.17) is 5.11 Å². The van der Waals surface area contributed by atoms with Crippen LogP contribution in [0, 0.1) is 11.7 Å². The summed E-state index contributed by atoms with van der Waals surface area (Å²) >= 11 is 0. The standard InChI is InChI=1S/C14H18FNO4S/c1-9(10-4-2-3-5-10)16-21(19,20)13-7-6-11(14(17)18)8-12(13)15/h6-10,16H,2-5H2,1H3,(H,17,18). The normalized spacial score (nSPS) is 17.8. The Morgan fingerprint density at radius 2 is 2.00 bits per heavy atom. The Hall–Kier alpha value is -1.47. The molecule has 0 aromatic heterocycles. The first-order chi connectivity index (χ1) is 9.81. The zero-order valence-corrected chi connectivity index (χ0v) is 12.5. The third-order valence-electron chi connectivity index (χ3n) is 3.92. The van der Waals surface area contributed by atoms with E-state index in [1.54, 1.807) is 6.92 Å². The van der Waals surface area contributed by atoms with Crippen LogP contribution >= 0.6 is 0 Å². The van der Waals surface area contributed by atoms with Crippen LogP contribution in [0.3, 0.4) is 0 Å². The third-order valence-corrected chi connectivity index (χ3v) is 5.51. The van der Waals surface area contributed by atoms with Crippen LogP contribution in [0.4, 0.5) is 4.39 Å². The minimum absolute atomic E-state index is 0.265. The van der Waals surface area contributed by atoms with E-state index < -0.39 is 26.7 Å². The van der Waals surface area contributed by atoms with Crippen molar-refractivity contribution in [2.45, 2.75) is 43.5 Å². The molecule has 7 heteroatoms. The summed E-state index contributed by atoms with van der Waals surface area (Å²) < 4.78 is 40.7. The highest BCUT2D eigenvalue weighted by Crippen LogP contribution is 2.28. The minimum Gasteiger partial charge on any atom is -0.478 e. The van der Waals surface area contributed by atoms with Crippen LogP contribution in [0.5, 0.6) is 0 Å². The third kappa shape index (κ3) is 3.59. The number of hydrogen-bond donors (Lipinski definition) is 2. The van der Waals surface area contributed by atoms with Crippen molar-refractivity contribution < 1.29 is 22.7 Å². The van der Waals surface area contributed by atoms with Crippen LogP contribution in [0.25, 0.3) is 0 Å². The molecule has 0 heterocycles. The summed E-state index contributed by atoms with van der Waals surface area (Å²) in [5.41, 5.74) is -0.282. The minimum atomic E-state index is -3.99. The molecule has 0 bridgehead atoms. The first-order valence-electron chi connectivity index (χ1n) is 6.86. The highest BCUT2D eigenvalue weighted by Gasteiger charge is 2.28. The lowest BCUT2D eigenvalue weighted by Gasteiger charge is -2.20. The Labute approximate surface area is 123 Å². The van der Waals surface area contributed by atoms with Gasteiger partial charge in [0.2, 0.25) is 10.0 Å². The molecule has 5 nitrogen and oxygen atoms in total. The van der Waals surface area contributed by atoms with Gasteiger partial charge in [-0.05, 0) is 43.9 Å². The van der Waals surface area contributed by atoms with E-state index in [1.807, 2.05) is 0 Å². The van der Waals surface area contributed by atoms with E-state index in [2.05, 4.69) is 4.72 Å². The van der Waals surface area contributed by atoms with Crippen molar-refractivity contribution in [1.29, 1.82) is 0 Å². The summed E-state index contributed by atoms with van der Waals surface area (Å²) in [4.78, 5) is 10.2. The highest BCUT2D eigenvalue weighted by atomic mass is 32.2. The van der Waals surface area contributed by atoms with Gasteiger partial charge in [-0.25, -0.2) is 22.3 Å². The van der Waals surface area contributed by atoms with Crippen molar-refractivity contribution in [2.24, 2.45) is 5.92 Å². The van der Waals surface area contributed by atoms with Crippen molar-refractivity contribution in [3.8, 4) is 0 Å². The molecule has 116 valence electrons. The maximum atomic E-state index is 13.9. The monoisotopic (exact) mass is 315 g/mol. The molecular formula is C14H18FNO4S. The van der Waals surface area contributed by atoms with Gasteiger partial charge >= 0.3 is 5.97 Å². The lowest BCUT2D eigenvalue weighted by Crippen LogP contribution is -2.37. The number of aromatic carboxylic acids is 1. The summed E-state index contributed by atoms with van der Waals surface area (Å²) in [5.74, 6) is -2.09. The average molecular weight is 315 g/mol. The molecule has 1 aliphatic carbocycles. The molecule has 1 fully saturated rings. The van der Waals surface area contributed by atoms with Gasteiger partial charge in [0.1, 0.15) is 10.7 Å². The predicted octanol–water partition coefficient (Wildman–Crippen LogP) is 2.38. The summed E-state index contributed by atoms with van der Waals surface area (Å²) in [6.07, 6.45) is 4.09. The van der Waals surface area contributed by atoms with Gasteiger partial charge in [0, 0.05) is 6.04 Å². The number of carboxylic acids is 1. The van der Waals surface area contributed by atoms with Crippen LogP contribution in [-0.4, -0.2) is 25.5 Å². The van der Waals surface area contributed by atoms with Crippen LogP contribution in [-0.2, 0) is 10.0 Å². The molecular weight excluding hydrogens is 297 g/mol. The molecule has 1 saturated carbocycles. The quantitative estimate of drug-likeness (QED) is 0.874. The molecule has 2 N–H and O–H groups in total. The first kappa shape index (κ1) is 15.9. The summed E-state index contributed by atoms with van der Waals surface area (Å²) in [6.45, 7) is 1.77. The smallest absolute Gasteiger partial charge is 0.335 e. The summed E-state index contributed by atoms with van der Waals surface area (Å²) in [7, 11) is -3.99. The van der Waals surface area contributed by atoms with Crippen molar-refractivity contribution in [1.82, 2.24) is 4.72 Å². The maximum Gasteiger partial charge on any atom is 0.335 e. The van der Waals surface area contributed by atoms with Gasteiger partial charge < -0.3 is 5.11 Å². The van der Waals surface area contributed by atoms with Crippen molar-refractivity contribution in [3.63, 3.8) is 0 Å². The predicted molar refractivity (Wildman–Crippen MR) is 75.1 cm³/mol. The SMILES string of the molecule is CC(NS(=O)(=O)c1ccc(C(=O)O)cc1F)C1CCCC1. The number of sulfonamides is 1. The molecule has 1 atom stereocenters. The number of hydrogen-bond acceptors (Lipinski definition) is 3. The van der Waals surface area contributed by atoms with Crippen molar-refractivity contribution in [2.75, 3.05) is 0 Å². The molecule has 21 heavy (non-hydrogen) atoms. The fourth-order valence-electron chi connectivity index (χ4n) is 2.71. The lowest BCUT2D eigenvalue weighted by molar-refractivity contribution is 0.0696.